The normalized spacial score (nSPS) is 20.7. The summed E-state index contributed by atoms with van der Waals surface area (Å²) in [6.07, 6.45) is 2.01. The van der Waals surface area contributed by atoms with E-state index < -0.39 is 0 Å². The van der Waals surface area contributed by atoms with Gasteiger partial charge in [0.1, 0.15) is 0 Å². The zero-order chi connectivity index (χ0) is 13.8. The molecular formula is C16H24N2O. The van der Waals surface area contributed by atoms with Crippen LogP contribution in [0.15, 0.2) is 24.3 Å². The number of likely N-dealkylation sites (tertiary alicyclic amines) is 1. The van der Waals surface area contributed by atoms with Crippen LogP contribution in [0.2, 0.25) is 0 Å². The molecule has 0 aliphatic carbocycles. The number of nitrogens with zero attached hydrogens (tertiary/aromatic N) is 1. The van der Waals surface area contributed by atoms with Gasteiger partial charge in [0.2, 0.25) is 5.91 Å². The Labute approximate surface area is 115 Å². The van der Waals surface area contributed by atoms with Gasteiger partial charge in [0.25, 0.3) is 0 Å². The van der Waals surface area contributed by atoms with E-state index >= 15 is 0 Å². The van der Waals surface area contributed by atoms with Gasteiger partial charge < -0.3 is 5.73 Å². The first kappa shape index (κ1) is 14.1. The minimum Gasteiger partial charge on any atom is -0.369 e. The molecule has 0 radical (unpaired) electrons. The number of carbonyl (C=O) groups excluding carboxylic acids is 1. The average Bonchev–Trinajstić information content (AvgIpc) is 2.39. The molecule has 3 heteroatoms. The number of amides is 1. The molecule has 104 valence electrons. The van der Waals surface area contributed by atoms with Crippen LogP contribution in [0.1, 0.15) is 43.7 Å². The molecule has 1 heterocycles. The molecule has 1 aromatic carbocycles. The molecule has 1 atom stereocenters. The van der Waals surface area contributed by atoms with Gasteiger partial charge >= 0.3 is 0 Å². The van der Waals surface area contributed by atoms with Crippen LogP contribution in [-0.2, 0) is 11.3 Å². The fourth-order valence-corrected chi connectivity index (χ4v) is 2.70. The Morgan fingerprint density at radius 1 is 1.37 bits per heavy atom. The van der Waals surface area contributed by atoms with Crippen molar-refractivity contribution in [1.82, 2.24) is 4.90 Å². The van der Waals surface area contributed by atoms with Crippen molar-refractivity contribution in [2.24, 2.45) is 11.7 Å². The van der Waals surface area contributed by atoms with Gasteiger partial charge in [-0.3, -0.25) is 9.69 Å². The average molecular weight is 260 g/mol. The third-order valence-corrected chi connectivity index (χ3v) is 3.96. The number of hydrogen-bond acceptors (Lipinski definition) is 2. The van der Waals surface area contributed by atoms with E-state index in [0.717, 1.165) is 32.5 Å². The van der Waals surface area contributed by atoms with Crippen LogP contribution in [0.25, 0.3) is 0 Å². The Balaban J connectivity index is 1.95. The lowest BCUT2D eigenvalue weighted by molar-refractivity contribution is -0.123. The minimum atomic E-state index is -0.153. The Morgan fingerprint density at radius 3 is 2.63 bits per heavy atom. The zero-order valence-electron chi connectivity index (χ0n) is 11.9. The van der Waals surface area contributed by atoms with Crippen LogP contribution in [0, 0.1) is 5.92 Å². The van der Waals surface area contributed by atoms with Crippen molar-refractivity contribution in [2.75, 3.05) is 13.1 Å². The van der Waals surface area contributed by atoms with Gasteiger partial charge in [-0.25, -0.2) is 0 Å². The zero-order valence-corrected chi connectivity index (χ0v) is 11.9. The highest BCUT2D eigenvalue weighted by Crippen LogP contribution is 2.20. The molecule has 1 aliphatic rings. The van der Waals surface area contributed by atoms with Crippen LogP contribution >= 0.6 is 0 Å². The lowest BCUT2D eigenvalue weighted by Gasteiger charge is -2.31. The molecule has 0 aromatic heterocycles. The van der Waals surface area contributed by atoms with Crippen molar-refractivity contribution in [3.63, 3.8) is 0 Å². The molecule has 1 amide bonds. The van der Waals surface area contributed by atoms with Crippen molar-refractivity contribution in [3.8, 4) is 0 Å². The first-order valence-corrected chi connectivity index (χ1v) is 7.16. The summed E-state index contributed by atoms with van der Waals surface area (Å²) in [4.78, 5) is 13.6. The molecule has 0 saturated carbocycles. The lowest BCUT2D eigenvalue weighted by Crippen LogP contribution is -2.40. The van der Waals surface area contributed by atoms with Crippen molar-refractivity contribution in [3.05, 3.63) is 35.4 Å². The molecule has 1 saturated heterocycles. The molecule has 0 unspecified atom stereocenters. The summed E-state index contributed by atoms with van der Waals surface area (Å²) in [7, 11) is 0. The molecule has 1 aliphatic heterocycles. The van der Waals surface area contributed by atoms with E-state index in [1.165, 1.54) is 11.1 Å². The summed E-state index contributed by atoms with van der Waals surface area (Å²) in [6.45, 7) is 7.20. The van der Waals surface area contributed by atoms with Crippen LogP contribution < -0.4 is 5.73 Å². The van der Waals surface area contributed by atoms with Crippen molar-refractivity contribution in [2.45, 2.75) is 39.2 Å². The Bertz CT molecular complexity index is 425. The van der Waals surface area contributed by atoms with Crippen molar-refractivity contribution < 1.29 is 4.79 Å². The van der Waals surface area contributed by atoms with Gasteiger partial charge in [0.05, 0.1) is 5.92 Å². The summed E-state index contributed by atoms with van der Waals surface area (Å²) in [6, 6.07) is 8.80. The van der Waals surface area contributed by atoms with Gasteiger partial charge in [-0.1, -0.05) is 38.1 Å². The second-order valence-corrected chi connectivity index (χ2v) is 5.87. The molecule has 0 bridgehead atoms. The maximum atomic E-state index is 11.3. The van der Waals surface area contributed by atoms with E-state index in [1.54, 1.807) is 0 Å². The summed E-state index contributed by atoms with van der Waals surface area (Å²) >= 11 is 0. The quantitative estimate of drug-likeness (QED) is 0.904. The molecule has 3 nitrogen and oxygen atoms in total. The number of carbonyl (C=O) groups is 1. The van der Waals surface area contributed by atoms with Gasteiger partial charge in [-0.2, -0.15) is 0 Å². The van der Waals surface area contributed by atoms with Crippen LogP contribution in [0.3, 0.4) is 0 Å². The van der Waals surface area contributed by atoms with Gasteiger partial charge in [0, 0.05) is 13.1 Å². The second kappa shape index (κ2) is 6.20. The lowest BCUT2D eigenvalue weighted by atomic mass is 9.96. The van der Waals surface area contributed by atoms with E-state index in [4.69, 9.17) is 5.73 Å². The summed E-state index contributed by atoms with van der Waals surface area (Å²) in [5, 5.41) is 0. The number of hydrogen-bond donors (Lipinski definition) is 1. The highest BCUT2D eigenvalue weighted by Gasteiger charge is 2.23. The standard InChI is InChI=1S/C16H24N2O/c1-12(2)14-7-5-13(6-8-14)10-18-9-3-4-15(11-18)16(17)19/h5-8,12,15H,3-4,9-11H2,1-2H3,(H2,17,19)/t15-/m1/s1. The highest BCUT2D eigenvalue weighted by atomic mass is 16.1. The fourth-order valence-electron chi connectivity index (χ4n) is 2.70. The maximum Gasteiger partial charge on any atom is 0.221 e. The predicted molar refractivity (Wildman–Crippen MR) is 77.7 cm³/mol. The number of rotatable bonds is 4. The summed E-state index contributed by atoms with van der Waals surface area (Å²) < 4.78 is 0. The molecule has 1 aromatic rings. The van der Waals surface area contributed by atoms with Crippen LogP contribution in [0.4, 0.5) is 0 Å². The van der Waals surface area contributed by atoms with E-state index in [-0.39, 0.29) is 11.8 Å². The minimum absolute atomic E-state index is 0.0312. The fraction of sp³-hybridized carbons (Fsp3) is 0.562. The first-order chi connectivity index (χ1) is 9.06. The number of primary amides is 1. The van der Waals surface area contributed by atoms with Gasteiger partial charge in [-0.15, -0.1) is 0 Å². The molecule has 2 N–H and O–H groups in total. The van der Waals surface area contributed by atoms with Gasteiger partial charge in [0.15, 0.2) is 0 Å². The Kier molecular flexibility index (Phi) is 4.59. The molecule has 19 heavy (non-hydrogen) atoms. The molecule has 0 spiro atoms. The summed E-state index contributed by atoms with van der Waals surface area (Å²) in [5.41, 5.74) is 8.10. The van der Waals surface area contributed by atoms with E-state index in [2.05, 4.69) is 43.0 Å². The summed E-state index contributed by atoms with van der Waals surface area (Å²) in [5.74, 6) is 0.451. The van der Waals surface area contributed by atoms with E-state index in [0.29, 0.717) is 5.92 Å². The van der Waals surface area contributed by atoms with Crippen LogP contribution in [0.5, 0.6) is 0 Å². The molecular weight excluding hydrogens is 236 g/mol. The molecule has 2 rings (SSSR count). The third kappa shape index (κ3) is 3.80. The number of nitrogens with two attached hydrogens (primary N) is 1. The molecule has 1 fully saturated rings. The van der Waals surface area contributed by atoms with E-state index in [1.807, 2.05) is 0 Å². The van der Waals surface area contributed by atoms with E-state index in [9.17, 15) is 4.79 Å². The first-order valence-electron chi connectivity index (χ1n) is 7.16. The smallest absolute Gasteiger partial charge is 0.221 e. The van der Waals surface area contributed by atoms with Crippen LogP contribution in [-0.4, -0.2) is 23.9 Å². The van der Waals surface area contributed by atoms with Gasteiger partial charge in [-0.05, 0) is 36.4 Å². The second-order valence-electron chi connectivity index (χ2n) is 5.87. The third-order valence-electron chi connectivity index (χ3n) is 3.96. The predicted octanol–water partition coefficient (Wildman–Crippen LogP) is 2.51. The van der Waals surface area contributed by atoms with Crippen molar-refractivity contribution >= 4 is 5.91 Å². The number of piperidine rings is 1. The topological polar surface area (TPSA) is 46.3 Å². The monoisotopic (exact) mass is 260 g/mol. The number of benzene rings is 1. The van der Waals surface area contributed by atoms with Crippen molar-refractivity contribution in [1.29, 1.82) is 0 Å². The largest absolute Gasteiger partial charge is 0.369 e. The SMILES string of the molecule is CC(C)c1ccc(CN2CCC[C@@H](C(N)=O)C2)cc1. The Morgan fingerprint density at radius 2 is 2.05 bits per heavy atom. The maximum absolute atomic E-state index is 11.3. The highest BCUT2D eigenvalue weighted by molar-refractivity contribution is 5.76. The Hall–Kier alpha value is -1.35.